The lowest BCUT2D eigenvalue weighted by molar-refractivity contribution is -0.132. The van der Waals surface area contributed by atoms with Crippen LogP contribution in [0.15, 0.2) is 0 Å². The maximum atomic E-state index is 11.7. The average Bonchev–Trinajstić information content (AvgIpc) is 2.94. The van der Waals surface area contributed by atoms with Crippen molar-refractivity contribution in [3.63, 3.8) is 0 Å². The second kappa shape index (κ2) is 4.28. The zero-order valence-corrected chi connectivity index (χ0v) is 8.45. The second-order valence-electron chi connectivity index (χ2n) is 4.13. The van der Waals surface area contributed by atoms with Gasteiger partial charge in [-0.05, 0) is 19.3 Å². The molecule has 2 fully saturated rings. The normalized spacial score (nSPS) is 26.9. The molecule has 2 N–H and O–H groups in total. The van der Waals surface area contributed by atoms with E-state index in [1.165, 1.54) is 0 Å². The van der Waals surface area contributed by atoms with Crippen LogP contribution in [0.5, 0.6) is 0 Å². The number of amides is 1. The second-order valence-corrected chi connectivity index (χ2v) is 4.13. The SMILES string of the molecule is NCCOC1CCN(C(=O)C2CC2)C1. The monoisotopic (exact) mass is 198 g/mol. The molecule has 2 aliphatic rings. The van der Waals surface area contributed by atoms with Crippen molar-refractivity contribution in [1.29, 1.82) is 0 Å². The summed E-state index contributed by atoms with van der Waals surface area (Å²) in [6.45, 7) is 2.81. The number of nitrogens with two attached hydrogens (primary N) is 1. The fourth-order valence-electron chi connectivity index (χ4n) is 1.89. The first-order valence-corrected chi connectivity index (χ1v) is 5.41. The molecule has 1 saturated heterocycles. The van der Waals surface area contributed by atoms with Crippen LogP contribution < -0.4 is 5.73 Å². The van der Waals surface area contributed by atoms with Gasteiger partial charge < -0.3 is 15.4 Å². The number of hydrogen-bond donors (Lipinski definition) is 1. The lowest BCUT2D eigenvalue weighted by atomic mass is 10.3. The van der Waals surface area contributed by atoms with E-state index in [0.717, 1.165) is 32.4 Å². The molecule has 0 aromatic heterocycles. The molecule has 1 aliphatic heterocycles. The van der Waals surface area contributed by atoms with Gasteiger partial charge in [-0.15, -0.1) is 0 Å². The van der Waals surface area contributed by atoms with E-state index in [4.69, 9.17) is 10.5 Å². The molecule has 0 aromatic rings. The Hall–Kier alpha value is -0.610. The first-order valence-electron chi connectivity index (χ1n) is 5.41. The van der Waals surface area contributed by atoms with Crippen molar-refractivity contribution in [2.75, 3.05) is 26.2 Å². The predicted octanol–water partition coefficient (Wildman–Crippen LogP) is -0.0274. The first-order chi connectivity index (χ1) is 6.81. The van der Waals surface area contributed by atoms with Crippen molar-refractivity contribution in [2.24, 2.45) is 11.7 Å². The highest BCUT2D eigenvalue weighted by Crippen LogP contribution is 2.32. The van der Waals surface area contributed by atoms with Gasteiger partial charge in [0.15, 0.2) is 0 Å². The van der Waals surface area contributed by atoms with Crippen molar-refractivity contribution in [3.05, 3.63) is 0 Å². The van der Waals surface area contributed by atoms with Gasteiger partial charge in [0.1, 0.15) is 0 Å². The molecule has 0 aromatic carbocycles. The molecule has 2 rings (SSSR count). The molecule has 1 aliphatic carbocycles. The van der Waals surface area contributed by atoms with Gasteiger partial charge in [0.05, 0.1) is 12.7 Å². The molecule has 0 radical (unpaired) electrons. The molecule has 0 spiro atoms. The Bertz CT molecular complexity index is 216. The largest absolute Gasteiger partial charge is 0.375 e. The van der Waals surface area contributed by atoms with Crippen molar-refractivity contribution in [2.45, 2.75) is 25.4 Å². The molecule has 4 nitrogen and oxygen atoms in total. The fourth-order valence-corrected chi connectivity index (χ4v) is 1.89. The summed E-state index contributed by atoms with van der Waals surface area (Å²) in [5.74, 6) is 0.673. The molecule has 1 heterocycles. The van der Waals surface area contributed by atoms with Gasteiger partial charge in [-0.2, -0.15) is 0 Å². The minimum absolute atomic E-state index is 0.223. The van der Waals surface area contributed by atoms with Crippen LogP contribution >= 0.6 is 0 Å². The highest BCUT2D eigenvalue weighted by molar-refractivity contribution is 5.81. The van der Waals surface area contributed by atoms with E-state index in [1.54, 1.807) is 0 Å². The van der Waals surface area contributed by atoms with Gasteiger partial charge in [-0.3, -0.25) is 4.79 Å². The molecular formula is C10H18N2O2. The van der Waals surface area contributed by atoms with Crippen LogP contribution in [-0.4, -0.2) is 43.2 Å². The number of hydrogen-bond acceptors (Lipinski definition) is 3. The van der Waals surface area contributed by atoms with E-state index < -0.39 is 0 Å². The van der Waals surface area contributed by atoms with Crippen LogP contribution in [0.4, 0.5) is 0 Å². The van der Waals surface area contributed by atoms with Crippen LogP contribution in [0.1, 0.15) is 19.3 Å². The van der Waals surface area contributed by atoms with Crippen LogP contribution in [-0.2, 0) is 9.53 Å². The number of ether oxygens (including phenoxy) is 1. The number of carbonyl (C=O) groups is 1. The fraction of sp³-hybridized carbons (Fsp3) is 0.900. The number of carbonyl (C=O) groups excluding carboxylic acids is 1. The standard InChI is InChI=1S/C10H18N2O2/c11-4-6-14-9-3-5-12(7-9)10(13)8-1-2-8/h8-9H,1-7,11H2. The lowest BCUT2D eigenvalue weighted by Crippen LogP contribution is -2.31. The van der Waals surface area contributed by atoms with Gasteiger partial charge in [0.25, 0.3) is 0 Å². The highest BCUT2D eigenvalue weighted by Gasteiger charge is 2.36. The number of likely N-dealkylation sites (tertiary alicyclic amines) is 1. The Kier molecular flexibility index (Phi) is 3.03. The molecule has 80 valence electrons. The molecular weight excluding hydrogens is 180 g/mol. The van der Waals surface area contributed by atoms with E-state index in [9.17, 15) is 4.79 Å². The van der Waals surface area contributed by atoms with Crippen molar-refractivity contribution in [1.82, 2.24) is 4.90 Å². The van der Waals surface area contributed by atoms with E-state index in [0.29, 0.717) is 25.0 Å². The summed E-state index contributed by atoms with van der Waals surface area (Å²) in [4.78, 5) is 13.6. The summed E-state index contributed by atoms with van der Waals surface area (Å²) in [6, 6.07) is 0. The average molecular weight is 198 g/mol. The van der Waals surface area contributed by atoms with E-state index in [1.807, 2.05) is 4.90 Å². The van der Waals surface area contributed by atoms with Gasteiger partial charge in [-0.25, -0.2) is 0 Å². The Labute approximate surface area is 84.4 Å². The maximum Gasteiger partial charge on any atom is 0.225 e. The van der Waals surface area contributed by atoms with Crippen molar-refractivity contribution >= 4 is 5.91 Å². The Morgan fingerprint density at radius 2 is 2.21 bits per heavy atom. The maximum absolute atomic E-state index is 11.7. The summed E-state index contributed by atoms with van der Waals surface area (Å²) < 4.78 is 5.51. The minimum Gasteiger partial charge on any atom is -0.375 e. The smallest absolute Gasteiger partial charge is 0.225 e. The molecule has 1 unspecified atom stereocenters. The third kappa shape index (κ3) is 2.25. The quantitative estimate of drug-likeness (QED) is 0.690. The van der Waals surface area contributed by atoms with E-state index in [2.05, 4.69) is 0 Å². The molecule has 1 saturated carbocycles. The number of rotatable bonds is 4. The van der Waals surface area contributed by atoms with Gasteiger partial charge in [0.2, 0.25) is 5.91 Å². The third-order valence-electron chi connectivity index (χ3n) is 2.85. The summed E-state index contributed by atoms with van der Waals surface area (Å²) in [5.41, 5.74) is 5.35. The van der Waals surface area contributed by atoms with Crippen LogP contribution in [0, 0.1) is 5.92 Å². The Morgan fingerprint density at radius 1 is 1.43 bits per heavy atom. The van der Waals surface area contributed by atoms with Crippen LogP contribution in [0.25, 0.3) is 0 Å². The summed E-state index contributed by atoms with van der Waals surface area (Å²) >= 11 is 0. The first kappa shape index (κ1) is 9.93. The lowest BCUT2D eigenvalue weighted by Gasteiger charge is -2.16. The Morgan fingerprint density at radius 3 is 2.86 bits per heavy atom. The molecule has 0 bridgehead atoms. The minimum atomic E-state index is 0.223. The summed E-state index contributed by atoms with van der Waals surface area (Å²) in [7, 11) is 0. The zero-order valence-electron chi connectivity index (χ0n) is 8.45. The van der Waals surface area contributed by atoms with Gasteiger partial charge >= 0.3 is 0 Å². The number of nitrogens with zero attached hydrogens (tertiary/aromatic N) is 1. The van der Waals surface area contributed by atoms with Crippen molar-refractivity contribution < 1.29 is 9.53 Å². The van der Waals surface area contributed by atoms with E-state index >= 15 is 0 Å². The van der Waals surface area contributed by atoms with Crippen molar-refractivity contribution in [3.8, 4) is 0 Å². The van der Waals surface area contributed by atoms with Crippen LogP contribution in [0.3, 0.4) is 0 Å². The van der Waals surface area contributed by atoms with Gasteiger partial charge in [0, 0.05) is 25.6 Å². The third-order valence-corrected chi connectivity index (χ3v) is 2.85. The van der Waals surface area contributed by atoms with Gasteiger partial charge in [-0.1, -0.05) is 0 Å². The Balaban J connectivity index is 1.73. The molecule has 14 heavy (non-hydrogen) atoms. The van der Waals surface area contributed by atoms with Crippen LogP contribution in [0.2, 0.25) is 0 Å². The zero-order chi connectivity index (χ0) is 9.97. The predicted molar refractivity (Wildman–Crippen MR) is 52.7 cm³/mol. The molecule has 1 amide bonds. The summed E-state index contributed by atoms with van der Waals surface area (Å²) in [5, 5.41) is 0. The molecule has 1 atom stereocenters. The van der Waals surface area contributed by atoms with E-state index in [-0.39, 0.29) is 6.10 Å². The topological polar surface area (TPSA) is 55.6 Å². The highest BCUT2D eigenvalue weighted by atomic mass is 16.5. The summed E-state index contributed by atoms with van der Waals surface area (Å²) in [6.07, 6.45) is 3.37. The molecule has 4 heteroatoms.